The summed E-state index contributed by atoms with van der Waals surface area (Å²) in [6.45, 7) is 9.44. The molecule has 0 aromatic rings. The average molecular weight is 130 g/mol. The fraction of sp³-hybridized carbons (Fsp3) is 1.00. The van der Waals surface area contributed by atoms with Crippen LogP contribution in [-0.4, -0.2) is 12.7 Å². The van der Waals surface area contributed by atoms with Crippen molar-refractivity contribution in [3.63, 3.8) is 0 Å². The third-order valence-electron chi connectivity index (χ3n) is 1.25. The zero-order chi connectivity index (χ0) is 7.28. The van der Waals surface area contributed by atoms with Crippen molar-refractivity contribution in [2.45, 2.75) is 40.2 Å². The van der Waals surface area contributed by atoms with Crippen molar-refractivity contribution < 1.29 is 4.74 Å². The molecule has 9 heavy (non-hydrogen) atoms. The smallest absolute Gasteiger partial charge is 0.0549 e. The van der Waals surface area contributed by atoms with E-state index in [4.69, 9.17) is 4.74 Å². The Morgan fingerprint density at radius 2 is 1.78 bits per heavy atom. The van der Waals surface area contributed by atoms with E-state index in [1.807, 2.05) is 6.92 Å². The van der Waals surface area contributed by atoms with Crippen LogP contribution >= 0.6 is 0 Å². The monoisotopic (exact) mass is 130 g/mol. The van der Waals surface area contributed by atoms with Crippen LogP contribution in [-0.2, 0) is 4.74 Å². The molecule has 0 fully saturated rings. The summed E-state index contributed by atoms with van der Waals surface area (Å²) in [4.78, 5) is 0. The lowest BCUT2D eigenvalue weighted by Crippen LogP contribution is -2.10. The zero-order valence-corrected chi connectivity index (χ0v) is 6.98. The summed E-state index contributed by atoms with van der Waals surface area (Å²) in [5.74, 6) is 0.756. The predicted molar refractivity (Wildman–Crippen MR) is 40.5 cm³/mol. The minimum absolute atomic E-state index is 0.440. The first-order valence-electron chi connectivity index (χ1n) is 3.78. The van der Waals surface area contributed by atoms with Gasteiger partial charge < -0.3 is 4.74 Å². The van der Waals surface area contributed by atoms with Gasteiger partial charge in [-0.2, -0.15) is 0 Å². The van der Waals surface area contributed by atoms with Crippen molar-refractivity contribution >= 4 is 0 Å². The van der Waals surface area contributed by atoms with Crippen LogP contribution < -0.4 is 0 Å². The Kier molecular flexibility index (Phi) is 4.78. The molecule has 1 atom stereocenters. The summed E-state index contributed by atoms with van der Waals surface area (Å²) in [6.07, 6.45) is 1.61. The van der Waals surface area contributed by atoms with E-state index in [0.29, 0.717) is 6.10 Å². The molecule has 0 bridgehead atoms. The minimum atomic E-state index is 0.440. The first-order chi connectivity index (χ1) is 4.16. The number of hydrogen-bond acceptors (Lipinski definition) is 1. The molecule has 0 radical (unpaired) electrons. The van der Waals surface area contributed by atoms with Gasteiger partial charge in [-0.25, -0.2) is 0 Å². The summed E-state index contributed by atoms with van der Waals surface area (Å²) in [5, 5.41) is 0. The Balaban J connectivity index is 3.15. The number of hydrogen-bond donors (Lipinski definition) is 0. The lowest BCUT2D eigenvalue weighted by molar-refractivity contribution is 0.0615. The number of rotatable bonds is 4. The maximum absolute atomic E-state index is 5.35. The van der Waals surface area contributed by atoms with E-state index in [1.165, 1.54) is 6.42 Å². The predicted octanol–water partition coefficient (Wildman–Crippen LogP) is 2.46. The van der Waals surface area contributed by atoms with Gasteiger partial charge in [-0.1, -0.05) is 13.8 Å². The van der Waals surface area contributed by atoms with Crippen molar-refractivity contribution in [3.05, 3.63) is 0 Å². The maximum Gasteiger partial charge on any atom is 0.0549 e. The lowest BCUT2D eigenvalue weighted by atomic mass is 10.1. The van der Waals surface area contributed by atoms with Crippen LogP contribution in [0.2, 0.25) is 0 Å². The first-order valence-corrected chi connectivity index (χ1v) is 3.78. The molecule has 0 aliphatic rings. The number of ether oxygens (including phenoxy) is 1. The van der Waals surface area contributed by atoms with Gasteiger partial charge in [0, 0.05) is 6.61 Å². The SMILES string of the molecule is CCO[C@H](C)CC(C)C. The largest absolute Gasteiger partial charge is 0.379 e. The molecule has 0 aliphatic carbocycles. The average Bonchev–Trinajstić information content (AvgIpc) is 1.63. The summed E-state index contributed by atoms with van der Waals surface area (Å²) in [5.41, 5.74) is 0. The topological polar surface area (TPSA) is 9.23 Å². The van der Waals surface area contributed by atoms with E-state index in [-0.39, 0.29) is 0 Å². The van der Waals surface area contributed by atoms with Crippen LogP contribution in [0.15, 0.2) is 0 Å². The molecule has 0 saturated carbocycles. The van der Waals surface area contributed by atoms with Crippen molar-refractivity contribution in [3.8, 4) is 0 Å². The fourth-order valence-corrected chi connectivity index (χ4v) is 1.02. The third-order valence-corrected chi connectivity index (χ3v) is 1.25. The highest BCUT2D eigenvalue weighted by Gasteiger charge is 2.02. The van der Waals surface area contributed by atoms with Crippen LogP contribution in [0.5, 0.6) is 0 Å². The van der Waals surface area contributed by atoms with Crippen molar-refractivity contribution in [2.24, 2.45) is 5.92 Å². The van der Waals surface area contributed by atoms with Gasteiger partial charge in [0.25, 0.3) is 0 Å². The van der Waals surface area contributed by atoms with Gasteiger partial charge in [-0.15, -0.1) is 0 Å². The molecule has 0 rings (SSSR count). The van der Waals surface area contributed by atoms with Gasteiger partial charge >= 0.3 is 0 Å². The molecule has 0 aliphatic heterocycles. The second kappa shape index (κ2) is 4.80. The van der Waals surface area contributed by atoms with Crippen molar-refractivity contribution in [1.82, 2.24) is 0 Å². The Labute approximate surface area is 58.4 Å². The molecule has 0 unspecified atom stereocenters. The lowest BCUT2D eigenvalue weighted by Gasteiger charge is -2.12. The molecule has 0 amide bonds. The quantitative estimate of drug-likeness (QED) is 0.568. The Bertz CT molecular complexity index is 59.6. The van der Waals surface area contributed by atoms with E-state index >= 15 is 0 Å². The summed E-state index contributed by atoms with van der Waals surface area (Å²) >= 11 is 0. The molecule has 0 N–H and O–H groups in total. The molecule has 0 aromatic heterocycles. The van der Waals surface area contributed by atoms with Crippen LogP contribution in [0.25, 0.3) is 0 Å². The van der Waals surface area contributed by atoms with E-state index < -0.39 is 0 Å². The van der Waals surface area contributed by atoms with Crippen LogP contribution in [0.4, 0.5) is 0 Å². The Morgan fingerprint density at radius 3 is 2.11 bits per heavy atom. The van der Waals surface area contributed by atoms with Crippen LogP contribution in [0.3, 0.4) is 0 Å². The standard InChI is InChI=1S/C8H18O/c1-5-9-8(4)6-7(2)3/h7-8H,5-6H2,1-4H3/t8-/m1/s1. The third kappa shape index (κ3) is 5.84. The molecule has 0 saturated heterocycles. The highest BCUT2D eigenvalue weighted by Crippen LogP contribution is 2.06. The van der Waals surface area contributed by atoms with Gasteiger partial charge in [0.05, 0.1) is 6.10 Å². The molecule has 1 heteroatoms. The molecular formula is C8H18O. The molecule has 0 spiro atoms. The molecule has 0 aromatic carbocycles. The summed E-state index contributed by atoms with van der Waals surface area (Å²) in [7, 11) is 0. The highest BCUT2D eigenvalue weighted by molar-refractivity contribution is 4.52. The van der Waals surface area contributed by atoms with E-state index in [9.17, 15) is 0 Å². The van der Waals surface area contributed by atoms with E-state index in [0.717, 1.165) is 12.5 Å². The second-order valence-electron chi connectivity index (χ2n) is 2.90. The van der Waals surface area contributed by atoms with Crippen molar-refractivity contribution in [1.29, 1.82) is 0 Å². The van der Waals surface area contributed by atoms with E-state index in [2.05, 4.69) is 20.8 Å². The molecular weight excluding hydrogens is 112 g/mol. The van der Waals surface area contributed by atoms with Gasteiger partial charge in [0.1, 0.15) is 0 Å². The molecule has 1 nitrogen and oxygen atoms in total. The van der Waals surface area contributed by atoms with Crippen LogP contribution in [0, 0.1) is 5.92 Å². The first kappa shape index (κ1) is 8.96. The maximum atomic E-state index is 5.35. The minimum Gasteiger partial charge on any atom is -0.379 e. The van der Waals surface area contributed by atoms with Gasteiger partial charge in [-0.05, 0) is 26.2 Å². The van der Waals surface area contributed by atoms with Crippen LogP contribution in [0.1, 0.15) is 34.1 Å². The summed E-state index contributed by atoms with van der Waals surface area (Å²) < 4.78 is 5.35. The van der Waals surface area contributed by atoms with Crippen molar-refractivity contribution in [2.75, 3.05) is 6.61 Å². The zero-order valence-electron chi connectivity index (χ0n) is 6.98. The Hall–Kier alpha value is -0.0400. The van der Waals surface area contributed by atoms with Gasteiger partial charge in [0.2, 0.25) is 0 Å². The second-order valence-corrected chi connectivity index (χ2v) is 2.90. The molecule has 0 heterocycles. The normalized spacial score (nSPS) is 14.3. The molecule has 56 valence electrons. The van der Waals surface area contributed by atoms with Gasteiger partial charge in [-0.3, -0.25) is 0 Å². The fourth-order valence-electron chi connectivity index (χ4n) is 1.02. The Morgan fingerprint density at radius 1 is 1.22 bits per heavy atom. The van der Waals surface area contributed by atoms with Gasteiger partial charge in [0.15, 0.2) is 0 Å². The summed E-state index contributed by atoms with van der Waals surface area (Å²) in [6, 6.07) is 0. The highest BCUT2D eigenvalue weighted by atomic mass is 16.5. The van der Waals surface area contributed by atoms with E-state index in [1.54, 1.807) is 0 Å².